The number of rotatable bonds is 4. The monoisotopic (exact) mass is 228 g/mol. The number of ether oxygens (including phenoxy) is 2. The van der Waals surface area contributed by atoms with Crippen LogP contribution in [0.25, 0.3) is 0 Å². The van der Waals surface area contributed by atoms with Gasteiger partial charge in [0.25, 0.3) is 0 Å². The number of nitrogens with zero attached hydrogens (tertiary/aromatic N) is 1. The van der Waals surface area contributed by atoms with E-state index < -0.39 is 0 Å². The lowest BCUT2D eigenvalue weighted by Crippen LogP contribution is -2.56. The van der Waals surface area contributed by atoms with Crippen molar-refractivity contribution in [3.05, 3.63) is 0 Å². The summed E-state index contributed by atoms with van der Waals surface area (Å²) in [6, 6.07) is 0. The Bertz CT molecular complexity index is 217. The Morgan fingerprint density at radius 1 is 1.44 bits per heavy atom. The van der Waals surface area contributed by atoms with Crippen LogP contribution < -0.4 is 5.73 Å². The van der Waals surface area contributed by atoms with Crippen molar-refractivity contribution in [1.29, 1.82) is 0 Å². The molecule has 0 spiro atoms. The van der Waals surface area contributed by atoms with E-state index in [1.54, 1.807) is 7.11 Å². The van der Waals surface area contributed by atoms with Crippen LogP contribution in [0.15, 0.2) is 0 Å². The molecule has 2 aliphatic rings. The Labute approximate surface area is 98.1 Å². The summed E-state index contributed by atoms with van der Waals surface area (Å²) >= 11 is 0. The fourth-order valence-electron chi connectivity index (χ4n) is 3.04. The van der Waals surface area contributed by atoms with Gasteiger partial charge in [-0.2, -0.15) is 0 Å². The Hall–Kier alpha value is -0.160. The summed E-state index contributed by atoms with van der Waals surface area (Å²) in [4.78, 5) is 2.58. The van der Waals surface area contributed by atoms with E-state index in [-0.39, 0.29) is 5.54 Å². The molecular weight excluding hydrogens is 204 g/mol. The minimum Gasteiger partial charge on any atom is -0.384 e. The maximum Gasteiger partial charge on any atom is 0.0503 e. The third-order valence-corrected chi connectivity index (χ3v) is 4.16. The molecule has 2 rings (SSSR count). The number of hydrogen-bond donors (Lipinski definition) is 1. The lowest BCUT2D eigenvalue weighted by molar-refractivity contribution is -0.0169. The third kappa shape index (κ3) is 2.40. The molecule has 16 heavy (non-hydrogen) atoms. The molecule has 1 atom stereocenters. The van der Waals surface area contributed by atoms with Crippen LogP contribution in [-0.2, 0) is 9.47 Å². The van der Waals surface area contributed by atoms with Crippen LogP contribution in [-0.4, -0.2) is 57.0 Å². The molecule has 2 N–H and O–H groups in total. The van der Waals surface area contributed by atoms with Crippen LogP contribution in [0.1, 0.15) is 19.3 Å². The predicted octanol–water partition coefficient (Wildman–Crippen LogP) is 0.463. The van der Waals surface area contributed by atoms with Gasteiger partial charge in [-0.15, -0.1) is 0 Å². The zero-order valence-corrected chi connectivity index (χ0v) is 10.3. The van der Waals surface area contributed by atoms with Gasteiger partial charge in [-0.25, -0.2) is 0 Å². The van der Waals surface area contributed by atoms with E-state index in [0.717, 1.165) is 45.8 Å². The average Bonchev–Trinajstić information content (AvgIpc) is 2.80. The summed E-state index contributed by atoms with van der Waals surface area (Å²) in [5, 5.41) is 0. The normalized spacial score (nSPS) is 30.8. The molecule has 0 saturated carbocycles. The number of hydrogen-bond acceptors (Lipinski definition) is 4. The molecule has 4 heteroatoms. The molecular formula is C12H24N2O2. The van der Waals surface area contributed by atoms with Gasteiger partial charge in [0.1, 0.15) is 0 Å². The minimum atomic E-state index is 0.209. The van der Waals surface area contributed by atoms with Crippen molar-refractivity contribution in [2.24, 2.45) is 11.7 Å². The average molecular weight is 228 g/mol. The SMILES string of the molecule is COCC1CCN(C2(CN)CCOCC2)C1. The fourth-order valence-corrected chi connectivity index (χ4v) is 3.04. The molecule has 94 valence electrons. The van der Waals surface area contributed by atoms with Gasteiger partial charge < -0.3 is 15.2 Å². The lowest BCUT2D eigenvalue weighted by atomic mass is 9.88. The van der Waals surface area contributed by atoms with E-state index in [1.807, 2.05) is 0 Å². The van der Waals surface area contributed by atoms with Crippen LogP contribution in [0.4, 0.5) is 0 Å². The van der Waals surface area contributed by atoms with Crippen molar-refractivity contribution in [3.63, 3.8) is 0 Å². The fraction of sp³-hybridized carbons (Fsp3) is 1.00. The highest BCUT2D eigenvalue weighted by Gasteiger charge is 2.40. The van der Waals surface area contributed by atoms with E-state index >= 15 is 0 Å². The van der Waals surface area contributed by atoms with Crippen LogP contribution in [0.5, 0.6) is 0 Å². The maximum absolute atomic E-state index is 6.01. The molecule has 0 amide bonds. The summed E-state index contributed by atoms with van der Waals surface area (Å²) in [6.45, 7) is 5.69. The smallest absolute Gasteiger partial charge is 0.0503 e. The van der Waals surface area contributed by atoms with Crippen molar-refractivity contribution in [2.75, 3.05) is 46.6 Å². The lowest BCUT2D eigenvalue weighted by Gasteiger charge is -2.44. The summed E-state index contributed by atoms with van der Waals surface area (Å²) in [6.07, 6.45) is 3.42. The van der Waals surface area contributed by atoms with E-state index in [2.05, 4.69) is 4.90 Å². The Morgan fingerprint density at radius 3 is 2.81 bits per heavy atom. The Morgan fingerprint density at radius 2 is 2.19 bits per heavy atom. The molecule has 1 unspecified atom stereocenters. The largest absolute Gasteiger partial charge is 0.384 e. The summed E-state index contributed by atoms with van der Waals surface area (Å²) in [7, 11) is 1.79. The van der Waals surface area contributed by atoms with Gasteiger partial charge in [-0.3, -0.25) is 4.90 Å². The quantitative estimate of drug-likeness (QED) is 0.759. The summed E-state index contributed by atoms with van der Waals surface area (Å²) < 4.78 is 10.7. The van der Waals surface area contributed by atoms with Crippen LogP contribution in [0.3, 0.4) is 0 Å². The van der Waals surface area contributed by atoms with Crippen molar-refractivity contribution in [2.45, 2.75) is 24.8 Å². The summed E-state index contributed by atoms with van der Waals surface area (Å²) in [5.74, 6) is 0.691. The number of likely N-dealkylation sites (tertiary alicyclic amines) is 1. The van der Waals surface area contributed by atoms with Gasteiger partial charge in [0.05, 0.1) is 6.61 Å². The van der Waals surface area contributed by atoms with Crippen molar-refractivity contribution in [1.82, 2.24) is 4.90 Å². The second kappa shape index (κ2) is 5.45. The highest BCUT2D eigenvalue weighted by Crippen LogP contribution is 2.32. The first-order valence-electron chi connectivity index (χ1n) is 6.32. The zero-order chi connectivity index (χ0) is 11.4. The van der Waals surface area contributed by atoms with Gasteiger partial charge in [-0.05, 0) is 31.7 Å². The molecule has 2 heterocycles. The van der Waals surface area contributed by atoms with Gasteiger partial charge >= 0.3 is 0 Å². The Balaban J connectivity index is 1.94. The van der Waals surface area contributed by atoms with Crippen molar-refractivity contribution < 1.29 is 9.47 Å². The van der Waals surface area contributed by atoms with E-state index in [0.29, 0.717) is 5.92 Å². The van der Waals surface area contributed by atoms with Crippen LogP contribution in [0.2, 0.25) is 0 Å². The summed E-state index contributed by atoms with van der Waals surface area (Å²) in [5.41, 5.74) is 6.22. The third-order valence-electron chi connectivity index (χ3n) is 4.16. The number of nitrogens with two attached hydrogens (primary N) is 1. The molecule has 0 aromatic carbocycles. The van der Waals surface area contributed by atoms with Gasteiger partial charge in [0.2, 0.25) is 0 Å². The highest BCUT2D eigenvalue weighted by atomic mass is 16.5. The van der Waals surface area contributed by atoms with E-state index in [4.69, 9.17) is 15.2 Å². The molecule has 4 nitrogen and oxygen atoms in total. The van der Waals surface area contributed by atoms with Gasteiger partial charge in [-0.1, -0.05) is 0 Å². The molecule has 0 aromatic rings. The second-order valence-electron chi connectivity index (χ2n) is 5.10. The second-order valence-corrected chi connectivity index (χ2v) is 5.10. The predicted molar refractivity (Wildman–Crippen MR) is 63.4 cm³/mol. The molecule has 2 saturated heterocycles. The zero-order valence-electron chi connectivity index (χ0n) is 10.3. The number of methoxy groups -OCH3 is 1. The van der Waals surface area contributed by atoms with Gasteiger partial charge in [0.15, 0.2) is 0 Å². The Kier molecular flexibility index (Phi) is 4.19. The molecule has 2 aliphatic heterocycles. The van der Waals surface area contributed by atoms with Crippen LogP contribution >= 0.6 is 0 Å². The van der Waals surface area contributed by atoms with Crippen LogP contribution in [0, 0.1) is 5.92 Å². The van der Waals surface area contributed by atoms with Crippen molar-refractivity contribution >= 4 is 0 Å². The molecule has 2 fully saturated rings. The standard InChI is InChI=1S/C12H24N2O2/c1-15-9-11-2-5-14(8-11)12(10-13)3-6-16-7-4-12/h11H,2-10,13H2,1H3. The first-order chi connectivity index (χ1) is 7.80. The minimum absolute atomic E-state index is 0.209. The maximum atomic E-state index is 6.01. The molecule has 0 bridgehead atoms. The van der Waals surface area contributed by atoms with E-state index in [1.165, 1.54) is 13.0 Å². The first-order valence-corrected chi connectivity index (χ1v) is 6.32. The highest BCUT2D eigenvalue weighted by molar-refractivity contribution is 4.96. The topological polar surface area (TPSA) is 47.7 Å². The van der Waals surface area contributed by atoms with Gasteiger partial charge in [0, 0.05) is 39.0 Å². The molecule has 0 aromatic heterocycles. The first kappa shape index (κ1) is 12.3. The molecule has 0 radical (unpaired) electrons. The van der Waals surface area contributed by atoms with Crippen molar-refractivity contribution in [3.8, 4) is 0 Å². The van der Waals surface area contributed by atoms with E-state index in [9.17, 15) is 0 Å². The molecule has 0 aliphatic carbocycles.